The van der Waals surface area contributed by atoms with Crippen molar-refractivity contribution >= 4 is 11.6 Å². The third kappa shape index (κ3) is 1.88. The van der Waals surface area contributed by atoms with Gasteiger partial charge >= 0.3 is 0 Å². The third-order valence-corrected chi connectivity index (χ3v) is 2.05. The predicted octanol–water partition coefficient (Wildman–Crippen LogP) is 3.49. The van der Waals surface area contributed by atoms with Gasteiger partial charge in [0, 0.05) is 5.03 Å². The zero-order valence-electron chi connectivity index (χ0n) is 6.52. The SMILES string of the molecule is CC(C)C1=CCCC(Cl)=C1. The Hall–Kier alpha value is -0.230. The van der Waals surface area contributed by atoms with Gasteiger partial charge in [-0.15, -0.1) is 0 Å². The maximum atomic E-state index is 5.88. The van der Waals surface area contributed by atoms with Gasteiger partial charge in [0.2, 0.25) is 0 Å². The van der Waals surface area contributed by atoms with Crippen molar-refractivity contribution in [3.05, 3.63) is 22.8 Å². The molecular weight excluding hydrogens is 144 g/mol. The van der Waals surface area contributed by atoms with Crippen molar-refractivity contribution in [2.24, 2.45) is 5.92 Å². The van der Waals surface area contributed by atoms with Crippen molar-refractivity contribution in [2.45, 2.75) is 26.7 Å². The van der Waals surface area contributed by atoms with E-state index in [4.69, 9.17) is 11.6 Å². The Labute approximate surface area is 67.6 Å². The summed E-state index contributed by atoms with van der Waals surface area (Å²) in [6, 6.07) is 0. The van der Waals surface area contributed by atoms with Gasteiger partial charge in [-0.1, -0.05) is 31.5 Å². The lowest BCUT2D eigenvalue weighted by Gasteiger charge is -2.11. The smallest absolute Gasteiger partial charge is 0.0186 e. The lowest BCUT2D eigenvalue weighted by atomic mass is 9.97. The highest BCUT2D eigenvalue weighted by molar-refractivity contribution is 6.29. The van der Waals surface area contributed by atoms with Gasteiger partial charge in [-0.25, -0.2) is 0 Å². The molecule has 1 aliphatic carbocycles. The molecule has 10 heavy (non-hydrogen) atoms. The molecule has 0 bridgehead atoms. The summed E-state index contributed by atoms with van der Waals surface area (Å²) >= 11 is 5.88. The molecule has 0 saturated carbocycles. The Bertz CT molecular complexity index is 175. The highest BCUT2D eigenvalue weighted by Gasteiger charge is 2.05. The Morgan fingerprint density at radius 1 is 1.50 bits per heavy atom. The molecule has 0 saturated heterocycles. The van der Waals surface area contributed by atoms with E-state index in [-0.39, 0.29) is 0 Å². The zero-order valence-corrected chi connectivity index (χ0v) is 7.28. The van der Waals surface area contributed by atoms with E-state index < -0.39 is 0 Å². The van der Waals surface area contributed by atoms with Crippen LogP contribution in [-0.2, 0) is 0 Å². The minimum atomic E-state index is 0.619. The second-order valence-corrected chi connectivity index (χ2v) is 3.47. The quantitative estimate of drug-likeness (QED) is 0.545. The summed E-state index contributed by atoms with van der Waals surface area (Å²) in [6.45, 7) is 4.38. The van der Waals surface area contributed by atoms with Crippen LogP contribution in [0.25, 0.3) is 0 Å². The fraction of sp³-hybridized carbons (Fsp3) is 0.556. The number of hydrogen-bond donors (Lipinski definition) is 0. The lowest BCUT2D eigenvalue weighted by Crippen LogP contribution is -1.95. The van der Waals surface area contributed by atoms with Crippen molar-refractivity contribution in [3.8, 4) is 0 Å². The van der Waals surface area contributed by atoms with Crippen molar-refractivity contribution < 1.29 is 0 Å². The van der Waals surface area contributed by atoms with Crippen LogP contribution < -0.4 is 0 Å². The van der Waals surface area contributed by atoms with Crippen molar-refractivity contribution in [3.63, 3.8) is 0 Å². The van der Waals surface area contributed by atoms with Crippen LogP contribution in [0.15, 0.2) is 22.8 Å². The largest absolute Gasteiger partial charge is 0.0891 e. The third-order valence-electron chi connectivity index (χ3n) is 1.75. The van der Waals surface area contributed by atoms with E-state index >= 15 is 0 Å². The molecule has 0 spiro atoms. The molecule has 0 amide bonds. The summed E-state index contributed by atoms with van der Waals surface area (Å²) < 4.78 is 0. The molecule has 56 valence electrons. The normalized spacial score (nSPS) is 18.8. The van der Waals surface area contributed by atoms with Gasteiger partial charge in [0.1, 0.15) is 0 Å². The molecule has 0 N–H and O–H groups in total. The standard InChI is InChI=1S/C9H13Cl/c1-7(2)8-4-3-5-9(10)6-8/h4,6-7H,3,5H2,1-2H3. The average Bonchev–Trinajstić information content (AvgIpc) is 1.88. The predicted molar refractivity (Wildman–Crippen MR) is 46.1 cm³/mol. The Morgan fingerprint density at radius 2 is 2.20 bits per heavy atom. The minimum Gasteiger partial charge on any atom is -0.0891 e. The van der Waals surface area contributed by atoms with Gasteiger partial charge < -0.3 is 0 Å². The molecular formula is C9H13Cl. The number of allylic oxidation sites excluding steroid dienone is 4. The Morgan fingerprint density at radius 3 is 2.60 bits per heavy atom. The lowest BCUT2D eigenvalue weighted by molar-refractivity contribution is 0.771. The molecule has 0 aromatic carbocycles. The van der Waals surface area contributed by atoms with Crippen LogP contribution in [0.3, 0.4) is 0 Å². The van der Waals surface area contributed by atoms with E-state index in [1.54, 1.807) is 0 Å². The highest BCUT2D eigenvalue weighted by Crippen LogP contribution is 2.24. The Kier molecular flexibility index (Phi) is 2.56. The monoisotopic (exact) mass is 156 g/mol. The van der Waals surface area contributed by atoms with Gasteiger partial charge in [0.25, 0.3) is 0 Å². The maximum Gasteiger partial charge on any atom is 0.0186 e. The summed E-state index contributed by atoms with van der Waals surface area (Å²) in [7, 11) is 0. The molecule has 0 aromatic heterocycles. The van der Waals surface area contributed by atoms with E-state index in [1.165, 1.54) is 5.57 Å². The first-order valence-corrected chi connectivity index (χ1v) is 4.14. The fourth-order valence-corrected chi connectivity index (χ4v) is 1.33. The van der Waals surface area contributed by atoms with Crippen molar-refractivity contribution in [1.82, 2.24) is 0 Å². The summed E-state index contributed by atoms with van der Waals surface area (Å²) in [5.41, 5.74) is 1.39. The minimum absolute atomic E-state index is 0.619. The van der Waals surface area contributed by atoms with Crippen LogP contribution in [-0.4, -0.2) is 0 Å². The van der Waals surface area contributed by atoms with Crippen LogP contribution in [0.4, 0.5) is 0 Å². The van der Waals surface area contributed by atoms with E-state index in [1.807, 2.05) is 0 Å². The molecule has 0 aromatic rings. The number of rotatable bonds is 1. The molecule has 1 rings (SSSR count). The van der Waals surface area contributed by atoms with Crippen LogP contribution in [0.2, 0.25) is 0 Å². The molecule has 0 radical (unpaired) electrons. The van der Waals surface area contributed by atoms with Gasteiger partial charge in [0.05, 0.1) is 0 Å². The van der Waals surface area contributed by atoms with Gasteiger partial charge in [-0.3, -0.25) is 0 Å². The topological polar surface area (TPSA) is 0 Å². The highest BCUT2D eigenvalue weighted by atomic mass is 35.5. The number of halogens is 1. The van der Waals surface area contributed by atoms with Crippen LogP contribution in [0.5, 0.6) is 0 Å². The van der Waals surface area contributed by atoms with E-state index in [0.717, 1.165) is 17.9 Å². The fourth-order valence-electron chi connectivity index (χ4n) is 1.09. The summed E-state index contributed by atoms with van der Waals surface area (Å²) in [5, 5.41) is 1.01. The summed E-state index contributed by atoms with van der Waals surface area (Å²) in [4.78, 5) is 0. The van der Waals surface area contributed by atoms with Gasteiger partial charge in [-0.05, 0) is 30.4 Å². The second kappa shape index (κ2) is 3.25. The molecule has 0 fully saturated rings. The maximum absolute atomic E-state index is 5.88. The van der Waals surface area contributed by atoms with E-state index in [2.05, 4.69) is 26.0 Å². The Balaban J connectivity index is 2.69. The molecule has 1 aliphatic rings. The molecule has 0 unspecified atom stereocenters. The molecule has 0 aliphatic heterocycles. The van der Waals surface area contributed by atoms with Crippen LogP contribution in [0, 0.1) is 5.92 Å². The van der Waals surface area contributed by atoms with Crippen molar-refractivity contribution in [1.29, 1.82) is 0 Å². The van der Waals surface area contributed by atoms with Crippen molar-refractivity contribution in [2.75, 3.05) is 0 Å². The van der Waals surface area contributed by atoms with Gasteiger partial charge in [0.15, 0.2) is 0 Å². The molecule has 0 atom stereocenters. The summed E-state index contributed by atoms with van der Waals surface area (Å²) in [5.74, 6) is 0.619. The average molecular weight is 157 g/mol. The first-order chi connectivity index (χ1) is 4.70. The molecule has 0 heterocycles. The zero-order chi connectivity index (χ0) is 7.56. The first-order valence-electron chi connectivity index (χ1n) is 3.76. The van der Waals surface area contributed by atoms with Crippen LogP contribution >= 0.6 is 11.6 Å². The van der Waals surface area contributed by atoms with E-state index in [0.29, 0.717) is 5.92 Å². The van der Waals surface area contributed by atoms with Gasteiger partial charge in [-0.2, -0.15) is 0 Å². The molecule has 0 nitrogen and oxygen atoms in total. The van der Waals surface area contributed by atoms with E-state index in [9.17, 15) is 0 Å². The molecule has 1 heteroatoms. The summed E-state index contributed by atoms with van der Waals surface area (Å²) in [6.07, 6.45) is 6.51. The number of hydrogen-bond acceptors (Lipinski definition) is 0. The second-order valence-electron chi connectivity index (χ2n) is 2.99. The first kappa shape index (κ1) is 7.87. The van der Waals surface area contributed by atoms with Crippen LogP contribution in [0.1, 0.15) is 26.7 Å².